The Balaban J connectivity index is 2.18. The van der Waals surface area contributed by atoms with Crippen molar-refractivity contribution in [3.8, 4) is 33.9 Å². The van der Waals surface area contributed by atoms with Crippen LogP contribution in [0, 0.1) is 0 Å². The molecule has 7 nitrogen and oxygen atoms in total. The Bertz CT molecular complexity index is 1050. The van der Waals surface area contributed by atoms with Gasteiger partial charge in [-0.25, -0.2) is 4.98 Å². The molecule has 0 atom stereocenters. The maximum absolute atomic E-state index is 12.1. The van der Waals surface area contributed by atoms with Gasteiger partial charge in [0.05, 0.1) is 25.5 Å². The van der Waals surface area contributed by atoms with Gasteiger partial charge in [-0.2, -0.15) is 0 Å². The molecular weight excluding hydrogens is 368 g/mol. The number of pyridine rings is 1. The third-order valence-electron chi connectivity index (χ3n) is 4.67. The lowest BCUT2D eigenvalue weighted by Crippen LogP contribution is -2.16. The van der Waals surface area contributed by atoms with Gasteiger partial charge in [-0.15, -0.1) is 0 Å². The van der Waals surface area contributed by atoms with E-state index in [1.54, 1.807) is 20.3 Å². The van der Waals surface area contributed by atoms with Crippen LogP contribution in [-0.2, 0) is 0 Å². The highest BCUT2D eigenvalue weighted by Crippen LogP contribution is 2.35. The van der Waals surface area contributed by atoms with Gasteiger partial charge in [0, 0.05) is 30.9 Å². The highest BCUT2D eigenvalue weighted by atomic mass is 16.5. The number of nitrogen functional groups attached to an aromatic ring is 1. The van der Waals surface area contributed by atoms with E-state index >= 15 is 0 Å². The second-order valence-corrected chi connectivity index (χ2v) is 6.69. The van der Waals surface area contributed by atoms with E-state index in [4.69, 9.17) is 20.9 Å². The van der Waals surface area contributed by atoms with Gasteiger partial charge in [0.25, 0.3) is 5.91 Å². The van der Waals surface area contributed by atoms with Gasteiger partial charge in [-0.1, -0.05) is 12.1 Å². The molecule has 1 heterocycles. The number of hydrogen-bond acceptors (Lipinski definition) is 6. The topological polar surface area (TPSA) is 104 Å². The van der Waals surface area contributed by atoms with Crippen molar-refractivity contribution in [1.29, 1.82) is 0 Å². The molecule has 29 heavy (non-hydrogen) atoms. The summed E-state index contributed by atoms with van der Waals surface area (Å²) in [5.74, 6) is 0.635. The van der Waals surface area contributed by atoms with Gasteiger partial charge in [0.2, 0.25) is 0 Å². The molecule has 0 saturated carbocycles. The van der Waals surface area contributed by atoms with E-state index in [1.807, 2.05) is 61.5 Å². The van der Waals surface area contributed by atoms with Gasteiger partial charge in [0.1, 0.15) is 5.82 Å². The van der Waals surface area contributed by atoms with Gasteiger partial charge in [-0.05, 0) is 42.0 Å². The number of rotatable bonds is 6. The first-order chi connectivity index (χ1) is 13.8. The molecule has 4 N–H and O–H groups in total. The molecule has 3 rings (SSSR count). The number of benzene rings is 2. The van der Waals surface area contributed by atoms with E-state index in [9.17, 15) is 4.79 Å². The molecule has 3 aromatic rings. The van der Waals surface area contributed by atoms with Crippen molar-refractivity contribution in [2.24, 2.45) is 5.73 Å². The molecule has 7 heteroatoms. The van der Waals surface area contributed by atoms with E-state index in [2.05, 4.69) is 4.98 Å². The van der Waals surface area contributed by atoms with E-state index in [0.717, 1.165) is 16.8 Å². The van der Waals surface area contributed by atoms with Gasteiger partial charge in [0.15, 0.2) is 11.5 Å². The lowest BCUT2D eigenvalue weighted by atomic mass is 9.97. The van der Waals surface area contributed by atoms with E-state index in [1.165, 1.54) is 0 Å². The quantitative estimate of drug-likeness (QED) is 0.668. The van der Waals surface area contributed by atoms with Crippen molar-refractivity contribution in [1.82, 2.24) is 4.98 Å². The molecule has 0 unspecified atom stereocenters. The number of nitrogens with zero attached hydrogens (tertiary/aromatic N) is 2. The molecule has 0 bridgehead atoms. The molecule has 0 fully saturated rings. The van der Waals surface area contributed by atoms with Crippen molar-refractivity contribution >= 4 is 17.4 Å². The largest absolute Gasteiger partial charge is 0.493 e. The van der Waals surface area contributed by atoms with Gasteiger partial charge < -0.3 is 25.8 Å². The minimum absolute atomic E-state index is 0.0801. The standard InChI is InChI=1S/C22H24N4O3/c1-26(2)15-8-5-13(6-9-15)16-12-17(25-21(23)20(16)22(24)27)14-7-10-18(28-3)19(11-14)29-4/h5-12H,1-4H3,(H2,23,25)(H2,24,27). The number of amides is 1. The third kappa shape index (κ3) is 3.94. The summed E-state index contributed by atoms with van der Waals surface area (Å²) in [5, 5.41) is 0. The Morgan fingerprint density at radius 2 is 1.55 bits per heavy atom. The number of anilines is 2. The summed E-state index contributed by atoms with van der Waals surface area (Å²) in [4.78, 5) is 18.5. The average molecular weight is 392 g/mol. The maximum Gasteiger partial charge on any atom is 0.253 e. The normalized spacial score (nSPS) is 10.5. The Hall–Kier alpha value is -3.74. The van der Waals surface area contributed by atoms with Crippen LogP contribution in [0.2, 0.25) is 0 Å². The smallest absolute Gasteiger partial charge is 0.253 e. The molecule has 2 aromatic carbocycles. The fourth-order valence-electron chi connectivity index (χ4n) is 3.13. The number of aromatic nitrogens is 1. The van der Waals surface area contributed by atoms with Crippen LogP contribution in [-0.4, -0.2) is 39.2 Å². The highest BCUT2D eigenvalue weighted by Gasteiger charge is 2.18. The Morgan fingerprint density at radius 1 is 0.931 bits per heavy atom. The minimum atomic E-state index is -0.624. The SMILES string of the molecule is COc1ccc(-c2cc(-c3ccc(N(C)C)cc3)c(C(N)=O)c(N)n2)cc1OC. The second kappa shape index (κ2) is 8.10. The molecule has 0 spiro atoms. The number of primary amides is 1. The molecular formula is C22H24N4O3. The first kappa shape index (κ1) is 20.0. The first-order valence-electron chi connectivity index (χ1n) is 8.96. The summed E-state index contributed by atoms with van der Waals surface area (Å²) in [6.07, 6.45) is 0. The second-order valence-electron chi connectivity index (χ2n) is 6.69. The number of ether oxygens (including phenoxy) is 2. The number of nitrogens with two attached hydrogens (primary N) is 2. The average Bonchev–Trinajstić information content (AvgIpc) is 2.72. The number of methoxy groups -OCH3 is 2. The molecule has 0 aliphatic rings. The lowest BCUT2D eigenvalue weighted by Gasteiger charge is -2.16. The summed E-state index contributed by atoms with van der Waals surface area (Å²) < 4.78 is 10.7. The maximum atomic E-state index is 12.1. The van der Waals surface area contributed by atoms with Crippen molar-refractivity contribution in [3.63, 3.8) is 0 Å². The summed E-state index contributed by atoms with van der Waals surface area (Å²) in [6, 6.07) is 15.0. The van der Waals surface area contributed by atoms with Crippen LogP contribution in [0.5, 0.6) is 11.5 Å². The molecule has 0 aliphatic heterocycles. The van der Waals surface area contributed by atoms with E-state index in [-0.39, 0.29) is 11.4 Å². The Labute approximate surface area is 169 Å². The molecule has 0 saturated heterocycles. The summed E-state index contributed by atoms with van der Waals surface area (Å²) in [5.41, 5.74) is 15.8. The first-order valence-corrected chi connectivity index (χ1v) is 8.96. The van der Waals surface area contributed by atoms with Crippen LogP contribution in [0.15, 0.2) is 48.5 Å². The van der Waals surface area contributed by atoms with Crippen LogP contribution in [0.4, 0.5) is 11.5 Å². The van der Waals surface area contributed by atoms with Crippen LogP contribution in [0.1, 0.15) is 10.4 Å². The van der Waals surface area contributed by atoms with E-state index < -0.39 is 5.91 Å². The summed E-state index contributed by atoms with van der Waals surface area (Å²) >= 11 is 0. The zero-order valence-corrected chi connectivity index (χ0v) is 16.9. The van der Waals surface area contributed by atoms with Crippen molar-refractivity contribution in [2.45, 2.75) is 0 Å². The van der Waals surface area contributed by atoms with Crippen molar-refractivity contribution in [3.05, 3.63) is 54.1 Å². The van der Waals surface area contributed by atoms with Gasteiger partial charge in [-0.3, -0.25) is 4.79 Å². The Kier molecular flexibility index (Phi) is 5.59. The number of hydrogen-bond donors (Lipinski definition) is 2. The molecule has 1 amide bonds. The zero-order valence-electron chi connectivity index (χ0n) is 16.9. The summed E-state index contributed by atoms with van der Waals surface area (Å²) in [7, 11) is 7.06. The van der Waals surface area contributed by atoms with Crippen LogP contribution in [0.25, 0.3) is 22.4 Å². The van der Waals surface area contributed by atoms with E-state index in [0.29, 0.717) is 22.8 Å². The number of carbonyl (C=O) groups excluding carboxylic acids is 1. The van der Waals surface area contributed by atoms with Gasteiger partial charge >= 0.3 is 0 Å². The van der Waals surface area contributed by atoms with Crippen LogP contribution in [0.3, 0.4) is 0 Å². The van der Waals surface area contributed by atoms with Crippen molar-refractivity contribution < 1.29 is 14.3 Å². The Morgan fingerprint density at radius 3 is 2.10 bits per heavy atom. The minimum Gasteiger partial charge on any atom is -0.493 e. The summed E-state index contributed by atoms with van der Waals surface area (Å²) in [6.45, 7) is 0. The lowest BCUT2D eigenvalue weighted by molar-refractivity contribution is 0.100. The zero-order chi connectivity index (χ0) is 21.1. The number of carbonyl (C=O) groups is 1. The molecule has 150 valence electrons. The highest BCUT2D eigenvalue weighted by molar-refractivity contribution is 6.04. The monoisotopic (exact) mass is 392 g/mol. The molecule has 0 radical (unpaired) electrons. The van der Waals surface area contributed by atoms with Crippen molar-refractivity contribution in [2.75, 3.05) is 38.9 Å². The molecule has 0 aliphatic carbocycles. The predicted molar refractivity (Wildman–Crippen MR) is 115 cm³/mol. The predicted octanol–water partition coefficient (Wildman–Crippen LogP) is 3.18. The fourth-order valence-corrected chi connectivity index (χ4v) is 3.13. The van der Waals surface area contributed by atoms with Crippen LogP contribution < -0.4 is 25.8 Å². The fraction of sp³-hybridized carbons (Fsp3) is 0.182. The molecule has 1 aromatic heterocycles. The van der Waals surface area contributed by atoms with Crippen LogP contribution >= 0.6 is 0 Å². The third-order valence-corrected chi connectivity index (χ3v) is 4.67.